The second kappa shape index (κ2) is 7.13. The van der Waals surface area contributed by atoms with Crippen molar-refractivity contribution in [2.45, 2.75) is 38.8 Å². The van der Waals surface area contributed by atoms with E-state index in [4.69, 9.17) is 4.52 Å². The Labute approximate surface area is 156 Å². The van der Waals surface area contributed by atoms with Crippen LogP contribution in [-0.4, -0.2) is 45.9 Å². The summed E-state index contributed by atoms with van der Waals surface area (Å²) >= 11 is 0. The molecule has 0 N–H and O–H groups in total. The van der Waals surface area contributed by atoms with E-state index in [0.29, 0.717) is 37.5 Å². The molecule has 2 aromatic rings. The molecule has 0 bridgehead atoms. The van der Waals surface area contributed by atoms with Gasteiger partial charge in [0.15, 0.2) is 5.69 Å². The lowest BCUT2D eigenvalue weighted by atomic mass is 9.98. The molecule has 142 valence electrons. The summed E-state index contributed by atoms with van der Waals surface area (Å²) in [6.45, 7) is 3.18. The van der Waals surface area contributed by atoms with Gasteiger partial charge in [-0.1, -0.05) is 17.3 Å². The third-order valence-electron chi connectivity index (χ3n) is 5.47. The van der Waals surface area contributed by atoms with Crippen LogP contribution in [0.4, 0.5) is 4.39 Å². The van der Waals surface area contributed by atoms with Crippen molar-refractivity contribution in [1.29, 1.82) is 0 Å². The highest BCUT2D eigenvalue weighted by Gasteiger charge is 2.42. The molecular weight excluding hydrogens is 349 g/mol. The predicted octanol–water partition coefficient (Wildman–Crippen LogP) is 2.78. The van der Waals surface area contributed by atoms with Gasteiger partial charge in [-0.3, -0.25) is 9.59 Å². The standard InChI is InChI=1S/C20H22FN3O3/c1-13-8-17(22-27-13)20(26)23-11-15-5-3-7-19(25)24(18(15)12-23)10-14-4-2-6-16(21)9-14/h2,4,6,8-9,15,18H,3,5,7,10-12H2,1H3/t15-,18+/m1/s1. The number of aromatic nitrogens is 1. The summed E-state index contributed by atoms with van der Waals surface area (Å²) in [4.78, 5) is 29.0. The Balaban J connectivity index is 1.55. The maximum atomic E-state index is 13.6. The summed E-state index contributed by atoms with van der Waals surface area (Å²) < 4.78 is 18.6. The number of hydrogen-bond donors (Lipinski definition) is 0. The van der Waals surface area contributed by atoms with Gasteiger partial charge in [0.05, 0.1) is 6.04 Å². The number of carbonyl (C=O) groups is 2. The number of halogens is 1. The van der Waals surface area contributed by atoms with Gasteiger partial charge in [-0.05, 0) is 43.4 Å². The van der Waals surface area contributed by atoms with Crippen LogP contribution in [0.1, 0.15) is 41.1 Å². The molecule has 2 atom stereocenters. The van der Waals surface area contributed by atoms with E-state index in [2.05, 4.69) is 5.16 Å². The number of carbonyl (C=O) groups excluding carboxylic acids is 2. The summed E-state index contributed by atoms with van der Waals surface area (Å²) in [6, 6.07) is 7.91. The van der Waals surface area contributed by atoms with Crippen LogP contribution in [0.5, 0.6) is 0 Å². The van der Waals surface area contributed by atoms with Gasteiger partial charge in [0.1, 0.15) is 11.6 Å². The van der Waals surface area contributed by atoms with E-state index in [0.717, 1.165) is 18.4 Å². The van der Waals surface area contributed by atoms with E-state index < -0.39 is 0 Å². The first-order chi connectivity index (χ1) is 13.0. The van der Waals surface area contributed by atoms with Crippen LogP contribution in [0.3, 0.4) is 0 Å². The van der Waals surface area contributed by atoms with E-state index in [9.17, 15) is 14.0 Å². The summed E-state index contributed by atoms with van der Waals surface area (Å²) in [5, 5.41) is 3.82. The van der Waals surface area contributed by atoms with E-state index in [1.54, 1.807) is 24.0 Å². The van der Waals surface area contributed by atoms with E-state index in [1.165, 1.54) is 12.1 Å². The van der Waals surface area contributed by atoms with Gasteiger partial charge < -0.3 is 14.3 Å². The average molecular weight is 371 g/mol. The second-order valence-corrected chi connectivity index (χ2v) is 7.40. The Morgan fingerprint density at radius 1 is 1.33 bits per heavy atom. The molecule has 1 aromatic carbocycles. The molecule has 0 saturated carbocycles. The Morgan fingerprint density at radius 2 is 2.19 bits per heavy atom. The molecule has 2 fully saturated rings. The molecule has 0 aliphatic carbocycles. The fraction of sp³-hybridized carbons (Fsp3) is 0.450. The minimum absolute atomic E-state index is 0.0554. The first-order valence-electron chi connectivity index (χ1n) is 9.28. The van der Waals surface area contributed by atoms with Gasteiger partial charge in [0.25, 0.3) is 5.91 Å². The maximum absolute atomic E-state index is 13.6. The minimum Gasteiger partial charge on any atom is -0.361 e. The molecular formula is C20H22FN3O3. The minimum atomic E-state index is -0.309. The summed E-state index contributed by atoms with van der Waals surface area (Å²) in [7, 11) is 0. The fourth-order valence-electron chi connectivity index (χ4n) is 4.17. The number of hydrogen-bond acceptors (Lipinski definition) is 4. The quantitative estimate of drug-likeness (QED) is 0.832. The van der Waals surface area contributed by atoms with Gasteiger partial charge in [0, 0.05) is 32.1 Å². The third-order valence-corrected chi connectivity index (χ3v) is 5.47. The molecule has 0 radical (unpaired) electrons. The van der Waals surface area contributed by atoms with Crippen molar-refractivity contribution in [2.24, 2.45) is 5.92 Å². The first-order valence-corrected chi connectivity index (χ1v) is 9.28. The first kappa shape index (κ1) is 17.7. The van der Waals surface area contributed by atoms with Crippen molar-refractivity contribution in [2.75, 3.05) is 13.1 Å². The molecule has 2 aliphatic rings. The highest BCUT2D eigenvalue weighted by molar-refractivity contribution is 5.92. The monoisotopic (exact) mass is 371 g/mol. The average Bonchev–Trinajstić information content (AvgIpc) is 3.22. The fourth-order valence-corrected chi connectivity index (χ4v) is 4.17. The number of nitrogens with zero attached hydrogens (tertiary/aromatic N) is 3. The molecule has 4 rings (SSSR count). The number of fused-ring (bicyclic) bond motifs is 1. The molecule has 7 heteroatoms. The van der Waals surface area contributed by atoms with Crippen LogP contribution in [-0.2, 0) is 11.3 Å². The summed E-state index contributed by atoms with van der Waals surface area (Å²) in [6.07, 6.45) is 2.21. The van der Waals surface area contributed by atoms with Gasteiger partial charge in [-0.2, -0.15) is 0 Å². The van der Waals surface area contributed by atoms with Crippen molar-refractivity contribution < 1.29 is 18.5 Å². The lowest BCUT2D eigenvalue weighted by Crippen LogP contribution is -2.43. The molecule has 2 amide bonds. The number of rotatable bonds is 3. The van der Waals surface area contributed by atoms with Crippen molar-refractivity contribution in [3.8, 4) is 0 Å². The SMILES string of the molecule is Cc1cc(C(=O)N2C[C@H]3CCCC(=O)N(Cc4cccc(F)c4)[C@H]3C2)no1. The smallest absolute Gasteiger partial charge is 0.276 e. The molecule has 3 heterocycles. The summed E-state index contributed by atoms with van der Waals surface area (Å²) in [5.41, 5.74) is 1.06. The lowest BCUT2D eigenvalue weighted by Gasteiger charge is -2.30. The Kier molecular flexibility index (Phi) is 4.68. The topological polar surface area (TPSA) is 66.7 Å². The zero-order chi connectivity index (χ0) is 19.0. The molecule has 0 spiro atoms. The van der Waals surface area contributed by atoms with Crippen LogP contribution in [0, 0.1) is 18.7 Å². The van der Waals surface area contributed by atoms with Crippen molar-refractivity contribution in [3.63, 3.8) is 0 Å². The second-order valence-electron chi connectivity index (χ2n) is 7.40. The van der Waals surface area contributed by atoms with E-state index in [-0.39, 0.29) is 29.6 Å². The zero-order valence-corrected chi connectivity index (χ0v) is 15.2. The van der Waals surface area contributed by atoms with Crippen LogP contribution in [0.15, 0.2) is 34.9 Å². The lowest BCUT2D eigenvalue weighted by molar-refractivity contribution is -0.133. The molecule has 27 heavy (non-hydrogen) atoms. The largest absolute Gasteiger partial charge is 0.361 e. The van der Waals surface area contributed by atoms with Crippen LogP contribution in [0.25, 0.3) is 0 Å². The predicted molar refractivity (Wildman–Crippen MR) is 95.2 cm³/mol. The van der Waals surface area contributed by atoms with Crippen molar-refractivity contribution in [1.82, 2.24) is 15.0 Å². The number of benzene rings is 1. The van der Waals surface area contributed by atoms with Crippen molar-refractivity contribution in [3.05, 3.63) is 53.2 Å². The molecule has 0 unspecified atom stereocenters. The molecule has 1 aromatic heterocycles. The van der Waals surface area contributed by atoms with Crippen LogP contribution in [0.2, 0.25) is 0 Å². The van der Waals surface area contributed by atoms with Crippen molar-refractivity contribution >= 4 is 11.8 Å². The van der Waals surface area contributed by atoms with Gasteiger partial charge in [0.2, 0.25) is 5.91 Å². The Morgan fingerprint density at radius 3 is 2.93 bits per heavy atom. The third kappa shape index (κ3) is 3.59. The highest BCUT2D eigenvalue weighted by Crippen LogP contribution is 2.32. The van der Waals surface area contributed by atoms with Gasteiger partial charge >= 0.3 is 0 Å². The number of amides is 2. The maximum Gasteiger partial charge on any atom is 0.276 e. The Bertz CT molecular complexity index is 866. The van der Waals surface area contributed by atoms with Gasteiger partial charge in [-0.15, -0.1) is 0 Å². The Hall–Kier alpha value is -2.70. The van der Waals surface area contributed by atoms with Crippen LogP contribution >= 0.6 is 0 Å². The molecule has 2 saturated heterocycles. The highest BCUT2D eigenvalue weighted by atomic mass is 19.1. The van der Waals surface area contributed by atoms with E-state index >= 15 is 0 Å². The number of aryl methyl sites for hydroxylation is 1. The normalized spacial score (nSPS) is 22.7. The van der Waals surface area contributed by atoms with E-state index in [1.807, 2.05) is 11.0 Å². The molecule has 6 nitrogen and oxygen atoms in total. The van der Waals surface area contributed by atoms with Crippen LogP contribution < -0.4 is 0 Å². The summed E-state index contributed by atoms with van der Waals surface area (Å²) in [5.74, 6) is 0.406. The molecule has 2 aliphatic heterocycles. The number of likely N-dealkylation sites (tertiary alicyclic amines) is 2. The zero-order valence-electron chi connectivity index (χ0n) is 15.2. The van der Waals surface area contributed by atoms with Gasteiger partial charge in [-0.25, -0.2) is 4.39 Å².